The second kappa shape index (κ2) is 12.9. The Hall–Kier alpha value is -3.75. The van der Waals surface area contributed by atoms with E-state index in [2.05, 4.69) is 0 Å². The highest BCUT2D eigenvalue weighted by atomic mass is 16.7. The van der Waals surface area contributed by atoms with Gasteiger partial charge in [-0.1, -0.05) is 0 Å². The molecule has 0 saturated carbocycles. The SMILES string of the molecule is COc1cc(-c2oc3cc(O)cc(O)c3c(=O)c2O[C@@H]2O[C@H](CO[C@@H]3O[C@H](CO)[C@H](O)[C@H](O)[C@H]3O)[C@@H](O)[C@H](O)[C@H]2O)ccc1O. The van der Waals surface area contributed by atoms with Crippen LogP contribution in [0.15, 0.2) is 39.5 Å². The van der Waals surface area contributed by atoms with E-state index in [0.29, 0.717) is 0 Å². The van der Waals surface area contributed by atoms with Crippen molar-refractivity contribution in [1.29, 1.82) is 0 Å². The maximum absolute atomic E-state index is 13.7. The molecule has 2 aliphatic heterocycles. The topological polar surface area (TPSA) is 279 Å². The van der Waals surface area contributed by atoms with Crippen molar-refractivity contribution >= 4 is 11.0 Å². The van der Waals surface area contributed by atoms with Gasteiger partial charge in [0.1, 0.15) is 71.3 Å². The molecule has 5 rings (SSSR count). The maximum atomic E-state index is 13.7. The molecule has 0 unspecified atom stereocenters. The first-order chi connectivity index (χ1) is 21.4. The fourth-order valence-electron chi connectivity index (χ4n) is 5.05. The van der Waals surface area contributed by atoms with Gasteiger partial charge < -0.3 is 79.2 Å². The van der Waals surface area contributed by atoms with Crippen LogP contribution in [-0.4, -0.2) is 133 Å². The van der Waals surface area contributed by atoms with Crippen molar-refractivity contribution in [2.75, 3.05) is 20.3 Å². The van der Waals surface area contributed by atoms with Crippen molar-refractivity contribution in [1.82, 2.24) is 0 Å². The molecule has 0 radical (unpaired) electrons. The summed E-state index contributed by atoms with van der Waals surface area (Å²) in [6.45, 7) is -1.39. The number of ether oxygens (including phenoxy) is 5. The van der Waals surface area contributed by atoms with E-state index in [1.165, 1.54) is 25.3 Å². The van der Waals surface area contributed by atoms with Crippen LogP contribution in [0.5, 0.6) is 28.7 Å². The lowest BCUT2D eigenvalue weighted by molar-refractivity contribution is -0.323. The van der Waals surface area contributed by atoms with Crippen molar-refractivity contribution < 1.29 is 79.2 Å². The third-order valence-corrected chi connectivity index (χ3v) is 7.54. The summed E-state index contributed by atoms with van der Waals surface area (Å²) in [4.78, 5) is 13.7. The number of rotatable bonds is 8. The van der Waals surface area contributed by atoms with E-state index < -0.39 is 103 Å². The molecule has 0 aliphatic carbocycles. The minimum atomic E-state index is -1.98. The van der Waals surface area contributed by atoms with Gasteiger partial charge in [0.05, 0.1) is 20.3 Å². The molecule has 1 aromatic heterocycles. The number of hydrogen-bond acceptors (Lipinski definition) is 17. The molecule has 3 aromatic rings. The molecule has 2 aromatic carbocycles. The number of aromatic hydroxyl groups is 3. The maximum Gasteiger partial charge on any atom is 0.239 e. The first-order valence-electron chi connectivity index (χ1n) is 13.5. The van der Waals surface area contributed by atoms with Gasteiger partial charge in [0, 0.05) is 17.7 Å². The van der Waals surface area contributed by atoms with Crippen LogP contribution in [0.1, 0.15) is 0 Å². The Bertz CT molecular complexity index is 1570. The number of benzene rings is 2. The van der Waals surface area contributed by atoms with Gasteiger partial charge in [0.2, 0.25) is 17.5 Å². The van der Waals surface area contributed by atoms with Crippen LogP contribution in [0.2, 0.25) is 0 Å². The molecule has 3 heterocycles. The summed E-state index contributed by atoms with van der Waals surface area (Å²) in [7, 11) is 1.27. The van der Waals surface area contributed by atoms with Gasteiger partial charge >= 0.3 is 0 Å². The number of fused-ring (bicyclic) bond motifs is 1. The lowest BCUT2D eigenvalue weighted by Gasteiger charge is -2.42. The minimum Gasteiger partial charge on any atom is -0.508 e. The lowest BCUT2D eigenvalue weighted by atomic mass is 9.98. The molecule has 246 valence electrons. The number of phenols is 3. The highest BCUT2D eigenvalue weighted by molar-refractivity contribution is 5.88. The molecule has 2 fully saturated rings. The van der Waals surface area contributed by atoms with Crippen LogP contribution in [0, 0.1) is 0 Å². The molecule has 0 bridgehead atoms. The fraction of sp³-hybridized carbons (Fsp3) is 0.464. The third kappa shape index (κ3) is 6.10. The lowest BCUT2D eigenvalue weighted by Crippen LogP contribution is -2.62. The van der Waals surface area contributed by atoms with E-state index in [-0.39, 0.29) is 28.4 Å². The molecule has 45 heavy (non-hydrogen) atoms. The first kappa shape index (κ1) is 32.6. The zero-order chi connectivity index (χ0) is 32.7. The Balaban J connectivity index is 1.48. The Morgan fingerprint density at radius 1 is 0.778 bits per heavy atom. The van der Waals surface area contributed by atoms with Crippen molar-refractivity contribution in [3.8, 4) is 40.1 Å². The summed E-state index contributed by atoms with van der Waals surface area (Å²) in [6.07, 6.45) is -17.3. The Morgan fingerprint density at radius 2 is 1.42 bits per heavy atom. The zero-order valence-electron chi connectivity index (χ0n) is 23.4. The van der Waals surface area contributed by atoms with Gasteiger partial charge in [-0.2, -0.15) is 0 Å². The standard InChI is InChI=1S/C28H32O17/c1-40-13-4-9(2-3-11(13)31)25-26(20(35)17-12(32)5-10(30)6-14(17)42-25)45-28-24(39)22(37)19(34)16(44-28)8-41-27-23(38)21(36)18(33)15(7-29)43-27/h2-6,15-16,18-19,21-24,27-34,36-39H,7-8H2,1H3/t15-,16-,18+,19-,21+,22+,23-,24-,27-,28+/m1/s1. The molecule has 2 aliphatic rings. The van der Waals surface area contributed by atoms with E-state index in [1.54, 1.807) is 0 Å². The number of phenolic OH excluding ortho intramolecular Hbond substituents is 3. The normalized spacial score (nSPS) is 32.0. The molecule has 2 saturated heterocycles. The predicted molar refractivity (Wildman–Crippen MR) is 146 cm³/mol. The van der Waals surface area contributed by atoms with Crippen LogP contribution in [0.4, 0.5) is 0 Å². The van der Waals surface area contributed by atoms with E-state index >= 15 is 0 Å². The second-order valence-electron chi connectivity index (χ2n) is 10.5. The van der Waals surface area contributed by atoms with Crippen molar-refractivity contribution in [2.45, 2.75) is 61.4 Å². The summed E-state index contributed by atoms with van der Waals surface area (Å²) >= 11 is 0. The highest BCUT2D eigenvalue weighted by Gasteiger charge is 2.48. The molecular formula is C28H32O17. The molecular weight excluding hydrogens is 608 g/mol. The summed E-state index contributed by atoms with van der Waals surface area (Å²) in [5, 5.41) is 102. The smallest absolute Gasteiger partial charge is 0.239 e. The second-order valence-corrected chi connectivity index (χ2v) is 10.5. The van der Waals surface area contributed by atoms with E-state index in [9.17, 15) is 55.9 Å². The number of aliphatic hydroxyl groups excluding tert-OH is 7. The predicted octanol–water partition coefficient (Wildman–Crippen LogP) is -2.41. The molecule has 10 N–H and O–H groups in total. The zero-order valence-corrected chi connectivity index (χ0v) is 23.4. The molecule has 10 atom stereocenters. The van der Waals surface area contributed by atoms with Crippen LogP contribution >= 0.6 is 0 Å². The van der Waals surface area contributed by atoms with Crippen LogP contribution in [0.3, 0.4) is 0 Å². The van der Waals surface area contributed by atoms with Gasteiger partial charge in [0.15, 0.2) is 23.5 Å². The number of methoxy groups -OCH3 is 1. The van der Waals surface area contributed by atoms with Gasteiger partial charge in [-0.05, 0) is 18.2 Å². The Kier molecular flexibility index (Phi) is 9.38. The van der Waals surface area contributed by atoms with Crippen LogP contribution < -0.4 is 14.9 Å². The van der Waals surface area contributed by atoms with Gasteiger partial charge in [-0.3, -0.25) is 4.79 Å². The summed E-state index contributed by atoms with van der Waals surface area (Å²) < 4.78 is 33.0. The van der Waals surface area contributed by atoms with E-state index in [0.717, 1.165) is 12.1 Å². The molecule has 17 nitrogen and oxygen atoms in total. The van der Waals surface area contributed by atoms with Crippen molar-refractivity contribution in [3.63, 3.8) is 0 Å². The average molecular weight is 641 g/mol. The number of hydrogen-bond donors (Lipinski definition) is 10. The minimum absolute atomic E-state index is 0.0298. The third-order valence-electron chi connectivity index (χ3n) is 7.54. The fourth-order valence-corrected chi connectivity index (χ4v) is 5.05. The summed E-state index contributed by atoms with van der Waals surface area (Å²) in [5.41, 5.74) is -1.17. The monoisotopic (exact) mass is 640 g/mol. The van der Waals surface area contributed by atoms with E-state index in [4.69, 9.17) is 28.1 Å². The average Bonchev–Trinajstić information content (AvgIpc) is 3.01. The van der Waals surface area contributed by atoms with E-state index in [1.807, 2.05) is 0 Å². The molecule has 0 amide bonds. The van der Waals surface area contributed by atoms with Crippen LogP contribution in [0.25, 0.3) is 22.3 Å². The number of aliphatic hydroxyl groups is 7. The van der Waals surface area contributed by atoms with Gasteiger partial charge in [0.25, 0.3) is 0 Å². The van der Waals surface area contributed by atoms with Crippen molar-refractivity contribution in [2.24, 2.45) is 0 Å². The van der Waals surface area contributed by atoms with Gasteiger partial charge in [-0.15, -0.1) is 0 Å². The van der Waals surface area contributed by atoms with Crippen molar-refractivity contribution in [3.05, 3.63) is 40.6 Å². The summed E-state index contributed by atoms with van der Waals surface area (Å²) in [5.74, 6) is -2.38. The molecule has 0 spiro atoms. The molecule has 17 heteroatoms. The summed E-state index contributed by atoms with van der Waals surface area (Å²) in [6, 6.07) is 5.76. The highest BCUT2D eigenvalue weighted by Crippen LogP contribution is 2.39. The quantitative estimate of drug-likeness (QED) is 0.123. The largest absolute Gasteiger partial charge is 0.508 e. The van der Waals surface area contributed by atoms with Gasteiger partial charge in [-0.25, -0.2) is 0 Å². The van der Waals surface area contributed by atoms with Crippen LogP contribution in [-0.2, 0) is 14.2 Å². The Morgan fingerprint density at radius 3 is 2.09 bits per heavy atom. The Labute approximate surface area is 252 Å². The first-order valence-corrected chi connectivity index (χ1v) is 13.5.